The van der Waals surface area contributed by atoms with E-state index < -0.39 is 0 Å². The molecule has 0 bridgehead atoms. The van der Waals surface area contributed by atoms with Gasteiger partial charge in [0.05, 0.1) is 4.92 Å². The van der Waals surface area contributed by atoms with E-state index in [2.05, 4.69) is 21.1 Å². The monoisotopic (exact) mass is 279 g/mol. The molecule has 1 aliphatic rings. The summed E-state index contributed by atoms with van der Waals surface area (Å²) in [7, 11) is 0. The first kappa shape index (κ1) is 14.9. The van der Waals surface area contributed by atoms with Crippen molar-refractivity contribution < 1.29 is 4.92 Å². The summed E-state index contributed by atoms with van der Waals surface area (Å²) in [6, 6.07) is 6.72. The van der Waals surface area contributed by atoms with E-state index in [-0.39, 0.29) is 10.6 Å². The molecule has 0 atom stereocenters. The van der Waals surface area contributed by atoms with E-state index >= 15 is 0 Å². The van der Waals surface area contributed by atoms with Crippen LogP contribution in [0.15, 0.2) is 24.3 Å². The zero-order valence-corrected chi connectivity index (χ0v) is 11.5. The van der Waals surface area contributed by atoms with Crippen molar-refractivity contribution in [3.63, 3.8) is 0 Å². The summed E-state index contributed by atoms with van der Waals surface area (Å²) >= 11 is 0. The molecule has 0 radical (unpaired) electrons. The third kappa shape index (κ3) is 4.86. The Balaban J connectivity index is 1.90. The fourth-order valence-corrected chi connectivity index (χ4v) is 2.10. The lowest BCUT2D eigenvalue weighted by Gasteiger charge is -2.25. The maximum atomic E-state index is 10.6. The van der Waals surface area contributed by atoms with E-state index in [9.17, 15) is 10.1 Å². The Kier molecular flexibility index (Phi) is 5.87. The Bertz CT molecular complexity index is 413. The van der Waals surface area contributed by atoms with Gasteiger partial charge in [-0.25, -0.2) is 5.01 Å². The van der Waals surface area contributed by atoms with Gasteiger partial charge in [-0.15, -0.1) is 0 Å². The summed E-state index contributed by atoms with van der Waals surface area (Å²) in [5.74, 6) is 0. The van der Waals surface area contributed by atoms with Crippen molar-refractivity contribution in [2.45, 2.75) is 6.54 Å². The van der Waals surface area contributed by atoms with Gasteiger partial charge >= 0.3 is 0 Å². The molecule has 0 aromatic heterocycles. The molecule has 1 aromatic rings. The first-order valence-electron chi connectivity index (χ1n) is 6.89. The van der Waals surface area contributed by atoms with Crippen LogP contribution in [0.5, 0.6) is 0 Å². The second-order valence-electron chi connectivity index (χ2n) is 4.75. The molecule has 1 aliphatic heterocycles. The van der Waals surface area contributed by atoms with Crippen LogP contribution in [0.1, 0.15) is 5.56 Å². The summed E-state index contributed by atoms with van der Waals surface area (Å²) in [6.07, 6.45) is 0. The molecule has 3 N–H and O–H groups in total. The summed E-state index contributed by atoms with van der Waals surface area (Å²) in [4.78, 5) is 10.3. The topological polar surface area (TPSA) is 82.5 Å². The Morgan fingerprint density at radius 2 is 1.70 bits per heavy atom. The second-order valence-corrected chi connectivity index (χ2v) is 4.75. The van der Waals surface area contributed by atoms with Crippen LogP contribution in [0.3, 0.4) is 0 Å². The number of benzene rings is 1. The van der Waals surface area contributed by atoms with E-state index in [0.717, 1.165) is 51.4 Å². The first-order valence-corrected chi connectivity index (χ1v) is 6.89. The van der Waals surface area contributed by atoms with Crippen molar-refractivity contribution in [2.24, 2.45) is 0 Å². The molecule has 20 heavy (non-hydrogen) atoms. The molecule has 1 aromatic carbocycles. The van der Waals surface area contributed by atoms with Crippen molar-refractivity contribution in [3.05, 3.63) is 39.9 Å². The van der Waals surface area contributed by atoms with Gasteiger partial charge in [-0.05, 0) is 5.56 Å². The van der Waals surface area contributed by atoms with E-state index in [1.54, 1.807) is 12.1 Å². The van der Waals surface area contributed by atoms with Crippen LogP contribution < -0.4 is 16.1 Å². The van der Waals surface area contributed by atoms with Crippen molar-refractivity contribution in [1.29, 1.82) is 0 Å². The number of hydrazine groups is 1. The Morgan fingerprint density at radius 1 is 1.05 bits per heavy atom. The number of nitro groups is 1. The minimum atomic E-state index is -0.374. The SMILES string of the molecule is O=[N+]([O-])c1ccc(CN2CCNCCNCCN2)cc1. The van der Waals surface area contributed by atoms with Crippen LogP contribution in [-0.2, 0) is 6.54 Å². The number of non-ortho nitro benzene ring substituents is 1. The molecular weight excluding hydrogens is 258 g/mol. The molecule has 0 saturated carbocycles. The van der Waals surface area contributed by atoms with Crippen LogP contribution in [0.4, 0.5) is 5.69 Å². The third-order valence-corrected chi connectivity index (χ3v) is 3.19. The summed E-state index contributed by atoms with van der Waals surface area (Å²) < 4.78 is 0. The van der Waals surface area contributed by atoms with Gasteiger partial charge in [0.1, 0.15) is 0 Å². The van der Waals surface area contributed by atoms with Crippen LogP contribution in [-0.4, -0.2) is 49.2 Å². The maximum absolute atomic E-state index is 10.6. The first-order chi connectivity index (χ1) is 9.75. The van der Waals surface area contributed by atoms with Crippen molar-refractivity contribution in [3.8, 4) is 0 Å². The molecular formula is C13H21N5O2. The summed E-state index contributed by atoms with van der Waals surface area (Å²) in [5.41, 5.74) is 4.57. The quantitative estimate of drug-likeness (QED) is 0.537. The average molecular weight is 279 g/mol. The highest BCUT2D eigenvalue weighted by molar-refractivity contribution is 5.32. The van der Waals surface area contributed by atoms with Crippen LogP contribution in [0.2, 0.25) is 0 Å². The van der Waals surface area contributed by atoms with E-state index in [4.69, 9.17) is 0 Å². The zero-order valence-electron chi connectivity index (χ0n) is 11.5. The lowest BCUT2D eigenvalue weighted by Crippen LogP contribution is -2.47. The van der Waals surface area contributed by atoms with Gasteiger partial charge in [0.15, 0.2) is 0 Å². The number of nitrogens with one attached hydrogen (secondary N) is 3. The Morgan fingerprint density at radius 3 is 2.40 bits per heavy atom. The highest BCUT2D eigenvalue weighted by Gasteiger charge is 2.08. The molecule has 7 nitrogen and oxygen atoms in total. The van der Waals surface area contributed by atoms with Gasteiger partial charge < -0.3 is 10.6 Å². The van der Waals surface area contributed by atoms with Gasteiger partial charge in [-0.3, -0.25) is 15.5 Å². The molecule has 0 unspecified atom stereocenters. The number of nitro benzene ring substituents is 1. The maximum Gasteiger partial charge on any atom is 0.269 e. The fourth-order valence-electron chi connectivity index (χ4n) is 2.10. The molecule has 2 rings (SSSR count). The lowest BCUT2D eigenvalue weighted by atomic mass is 10.2. The Labute approximate surface area is 118 Å². The zero-order chi connectivity index (χ0) is 14.2. The van der Waals surface area contributed by atoms with Gasteiger partial charge in [0.2, 0.25) is 0 Å². The highest BCUT2D eigenvalue weighted by Crippen LogP contribution is 2.12. The van der Waals surface area contributed by atoms with E-state index in [1.807, 2.05) is 12.1 Å². The van der Waals surface area contributed by atoms with Gasteiger partial charge in [-0.1, -0.05) is 12.1 Å². The molecule has 7 heteroatoms. The number of rotatable bonds is 3. The number of hydrogen-bond acceptors (Lipinski definition) is 6. The van der Waals surface area contributed by atoms with Crippen molar-refractivity contribution >= 4 is 5.69 Å². The fraction of sp³-hybridized carbons (Fsp3) is 0.538. The van der Waals surface area contributed by atoms with E-state index in [0.29, 0.717) is 0 Å². The van der Waals surface area contributed by atoms with Crippen molar-refractivity contribution in [1.82, 2.24) is 21.1 Å². The lowest BCUT2D eigenvalue weighted by molar-refractivity contribution is -0.384. The third-order valence-electron chi connectivity index (χ3n) is 3.19. The molecule has 1 saturated heterocycles. The number of nitrogens with zero attached hydrogens (tertiary/aromatic N) is 2. The number of hydrogen-bond donors (Lipinski definition) is 3. The van der Waals surface area contributed by atoms with Crippen molar-refractivity contribution in [2.75, 3.05) is 39.3 Å². The minimum absolute atomic E-state index is 0.133. The molecule has 0 amide bonds. The average Bonchev–Trinajstić information content (AvgIpc) is 2.46. The summed E-state index contributed by atoms with van der Waals surface area (Å²) in [5, 5.41) is 19.5. The largest absolute Gasteiger partial charge is 0.314 e. The predicted octanol–water partition coefficient (Wildman–Crippen LogP) is 0.0942. The predicted molar refractivity (Wildman–Crippen MR) is 77.2 cm³/mol. The van der Waals surface area contributed by atoms with Crippen LogP contribution >= 0.6 is 0 Å². The molecule has 0 spiro atoms. The van der Waals surface area contributed by atoms with Gasteiger partial charge in [-0.2, -0.15) is 0 Å². The second kappa shape index (κ2) is 7.91. The van der Waals surface area contributed by atoms with Gasteiger partial charge in [0, 0.05) is 57.9 Å². The summed E-state index contributed by atoms with van der Waals surface area (Å²) in [6.45, 7) is 6.33. The van der Waals surface area contributed by atoms with Crippen LogP contribution in [0, 0.1) is 10.1 Å². The highest BCUT2D eigenvalue weighted by atomic mass is 16.6. The van der Waals surface area contributed by atoms with Gasteiger partial charge in [0.25, 0.3) is 5.69 Å². The van der Waals surface area contributed by atoms with E-state index in [1.165, 1.54) is 0 Å². The Hall–Kier alpha value is -1.54. The molecule has 1 fully saturated rings. The standard InChI is InChI=1S/C13H21N5O2/c19-18(20)13-3-1-12(2-4-13)11-17-10-9-15-6-5-14-7-8-16-17/h1-4,14-16H,5-11H2. The smallest absolute Gasteiger partial charge is 0.269 e. The molecule has 110 valence electrons. The molecule has 1 heterocycles. The minimum Gasteiger partial charge on any atom is -0.314 e. The molecule has 0 aliphatic carbocycles. The normalized spacial score (nSPS) is 18.6. The van der Waals surface area contributed by atoms with Crippen LogP contribution in [0.25, 0.3) is 0 Å².